The van der Waals surface area contributed by atoms with Crippen LogP contribution in [0.5, 0.6) is 0 Å². The van der Waals surface area contributed by atoms with E-state index in [0.717, 1.165) is 31.4 Å². The summed E-state index contributed by atoms with van der Waals surface area (Å²) in [6, 6.07) is 1.34. The van der Waals surface area contributed by atoms with Crippen molar-refractivity contribution in [1.29, 1.82) is 0 Å². The third-order valence-corrected chi connectivity index (χ3v) is 10.1. The van der Waals surface area contributed by atoms with Crippen LogP contribution in [0.1, 0.15) is 80.0 Å². The number of amides is 1. The molecule has 8 nitrogen and oxygen atoms in total. The first-order valence-corrected chi connectivity index (χ1v) is 14.3. The van der Waals surface area contributed by atoms with Crippen molar-refractivity contribution >= 4 is 15.9 Å². The van der Waals surface area contributed by atoms with E-state index in [9.17, 15) is 26.4 Å². The van der Waals surface area contributed by atoms with Gasteiger partial charge in [-0.3, -0.25) is 4.79 Å². The number of rotatable bonds is 8. The summed E-state index contributed by atoms with van der Waals surface area (Å²) in [4.78, 5) is 14.4. The van der Waals surface area contributed by atoms with Gasteiger partial charge in [-0.05, 0) is 70.4 Å². The number of nitrogens with one attached hydrogen (secondary N) is 1. The summed E-state index contributed by atoms with van der Waals surface area (Å²) in [7, 11) is -3.48. The van der Waals surface area contributed by atoms with Crippen molar-refractivity contribution < 1.29 is 30.9 Å². The second kappa shape index (κ2) is 9.66. The van der Waals surface area contributed by atoms with Crippen molar-refractivity contribution in [3.05, 3.63) is 17.5 Å². The van der Waals surface area contributed by atoms with Crippen molar-refractivity contribution in [3.63, 3.8) is 0 Å². The third kappa shape index (κ3) is 6.02. The van der Waals surface area contributed by atoms with E-state index in [0.29, 0.717) is 44.7 Å². The number of piperidine rings is 2. The van der Waals surface area contributed by atoms with E-state index in [4.69, 9.17) is 4.52 Å². The lowest BCUT2D eigenvalue weighted by molar-refractivity contribution is -0.138. The van der Waals surface area contributed by atoms with Crippen LogP contribution in [0.15, 0.2) is 10.6 Å². The number of carbonyl (C=O) groups is 1. The second-order valence-electron chi connectivity index (χ2n) is 10.7. The number of nitrogens with zero attached hydrogens (tertiary/aromatic N) is 3. The van der Waals surface area contributed by atoms with Crippen LogP contribution in [0.4, 0.5) is 13.2 Å². The topological polar surface area (TPSA) is 95.8 Å². The normalized spacial score (nSPS) is 28.9. The molecule has 5 rings (SSSR count). The number of halogens is 3. The molecule has 1 aromatic heterocycles. The highest BCUT2D eigenvalue weighted by Crippen LogP contribution is 2.41. The Morgan fingerprint density at radius 3 is 2.34 bits per heavy atom. The van der Waals surface area contributed by atoms with Crippen molar-refractivity contribution in [2.75, 3.05) is 25.4 Å². The highest BCUT2D eigenvalue weighted by Gasteiger charge is 2.47. The molecule has 196 valence electrons. The van der Waals surface area contributed by atoms with Gasteiger partial charge in [0, 0.05) is 36.7 Å². The van der Waals surface area contributed by atoms with Gasteiger partial charge in [0.1, 0.15) is 5.76 Å². The van der Waals surface area contributed by atoms with Crippen molar-refractivity contribution in [2.45, 2.75) is 88.0 Å². The predicted octanol–water partition coefficient (Wildman–Crippen LogP) is 3.27. The monoisotopic (exact) mass is 518 g/mol. The Balaban J connectivity index is 1.12. The van der Waals surface area contributed by atoms with Crippen molar-refractivity contribution in [2.24, 2.45) is 5.92 Å². The predicted molar refractivity (Wildman–Crippen MR) is 121 cm³/mol. The molecule has 4 aliphatic rings. The van der Waals surface area contributed by atoms with Crippen LogP contribution in [-0.4, -0.2) is 78.4 Å². The van der Waals surface area contributed by atoms with Crippen LogP contribution in [-0.2, 0) is 10.0 Å². The van der Waals surface area contributed by atoms with E-state index in [1.54, 1.807) is 15.3 Å². The zero-order valence-electron chi connectivity index (χ0n) is 19.7. The number of aromatic nitrogens is 1. The van der Waals surface area contributed by atoms with Crippen LogP contribution in [0, 0.1) is 5.92 Å². The Bertz CT molecular complexity index is 1000. The molecule has 4 fully saturated rings. The Hall–Kier alpha value is -1.66. The minimum Gasteiger partial charge on any atom is -0.360 e. The van der Waals surface area contributed by atoms with Crippen molar-refractivity contribution in [1.82, 2.24) is 19.7 Å². The fourth-order valence-corrected chi connectivity index (χ4v) is 8.36. The van der Waals surface area contributed by atoms with Gasteiger partial charge >= 0.3 is 6.18 Å². The lowest BCUT2D eigenvalue weighted by Crippen LogP contribution is -2.53. The molecule has 4 heterocycles. The number of likely N-dealkylation sites (tertiary alicyclic amines) is 1. The molecule has 1 aliphatic carbocycles. The Morgan fingerprint density at radius 1 is 1.09 bits per heavy atom. The van der Waals surface area contributed by atoms with Gasteiger partial charge < -0.3 is 14.7 Å². The van der Waals surface area contributed by atoms with Crippen LogP contribution >= 0.6 is 0 Å². The molecule has 0 aromatic carbocycles. The highest BCUT2D eigenvalue weighted by molar-refractivity contribution is 7.89. The molecule has 35 heavy (non-hydrogen) atoms. The molecule has 3 saturated heterocycles. The zero-order chi connectivity index (χ0) is 24.8. The van der Waals surface area contributed by atoms with E-state index in [1.807, 2.05) is 0 Å². The zero-order valence-corrected chi connectivity index (χ0v) is 20.5. The fourth-order valence-electron chi connectivity index (χ4n) is 5.97. The van der Waals surface area contributed by atoms with Gasteiger partial charge in [0.2, 0.25) is 10.0 Å². The van der Waals surface area contributed by atoms with E-state index in [-0.39, 0.29) is 47.9 Å². The molecule has 1 unspecified atom stereocenters. The van der Waals surface area contributed by atoms with Crippen LogP contribution in [0.3, 0.4) is 0 Å². The van der Waals surface area contributed by atoms with E-state index < -0.39 is 22.6 Å². The Labute approximate surface area is 203 Å². The molecule has 0 spiro atoms. The Morgan fingerprint density at radius 2 is 1.74 bits per heavy atom. The van der Waals surface area contributed by atoms with Crippen LogP contribution < -0.4 is 5.32 Å². The standard InChI is InChI=1S/C23H33F3N4O4S/c24-23(25,26)7-10-29-8-5-15(6-9-29)14-35(32,33)30-18-3-4-19(30)12-17(11-18)27-22(31)20-13-21(34-28-20)16-1-2-16/h13,15-19H,1-12,14H2,(H,27,31)/t17?,18-,19+. The average molecular weight is 519 g/mol. The van der Waals surface area contributed by atoms with Gasteiger partial charge in [0.25, 0.3) is 5.91 Å². The van der Waals surface area contributed by atoms with Gasteiger partial charge in [-0.25, -0.2) is 8.42 Å². The minimum absolute atomic E-state index is 0.0252. The molecule has 1 saturated carbocycles. The first-order chi connectivity index (χ1) is 16.6. The molecule has 0 radical (unpaired) electrons. The molecule has 2 bridgehead atoms. The number of alkyl halides is 3. The van der Waals surface area contributed by atoms with Gasteiger partial charge in [-0.2, -0.15) is 17.5 Å². The molecule has 1 aromatic rings. The largest absolute Gasteiger partial charge is 0.390 e. The molecule has 1 N–H and O–H groups in total. The van der Waals surface area contributed by atoms with Gasteiger partial charge in [0.05, 0.1) is 12.2 Å². The summed E-state index contributed by atoms with van der Waals surface area (Å²) >= 11 is 0. The maximum Gasteiger partial charge on any atom is 0.390 e. The van der Waals surface area contributed by atoms with Crippen LogP contribution in [0.25, 0.3) is 0 Å². The molecular formula is C23H33F3N4O4S. The highest BCUT2D eigenvalue weighted by atomic mass is 32.2. The first-order valence-electron chi connectivity index (χ1n) is 12.7. The van der Waals surface area contributed by atoms with Crippen LogP contribution in [0.2, 0.25) is 0 Å². The Kier molecular flexibility index (Phi) is 6.90. The fraction of sp³-hybridized carbons (Fsp3) is 0.826. The summed E-state index contributed by atoms with van der Waals surface area (Å²) in [5, 5.41) is 6.91. The molecule has 12 heteroatoms. The molecular weight excluding hydrogens is 485 g/mol. The lowest BCUT2D eigenvalue weighted by Gasteiger charge is -2.39. The molecule has 1 amide bonds. The lowest BCUT2D eigenvalue weighted by atomic mass is 9.99. The molecule has 3 atom stereocenters. The SMILES string of the molecule is O=C(NC1C[C@H]2CC[C@@H](C1)N2S(=O)(=O)CC1CCN(CCC(F)(F)F)CC1)c1cc(C2CC2)on1. The summed E-state index contributed by atoms with van der Waals surface area (Å²) in [5.74, 6) is 0.862. The first kappa shape index (κ1) is 25.0. The number of sulfonamides is 1. The number of fused-ring (bicyclic) bond motifs is 2. The maximum atomic E-state index is 13.3. The second-order valence-corrected chi connectivity index (χ2v) is 12.6. The van der Waals surface area contributed by atoms with E-state index >= 15 is 0 Å². The van der Waals surface area contributed by atoms with Gasteiger partial charge in [-0.1, -0.05) is 5.16 Å². The van der Waals surface area contributed by atoms with Crippen molar-refractivity contribution in [3.8, 4) is 0 Å². The van der Waals surface area contributed by atoms with E-state index in [2.05, 4.69) is 10.5 Å². The van der Waals surface area contributed by atoms with Gasteiger partial charge in [0.15, 0.2) is 5.69 Å². The number of hydrogen-bond donors (Lipinski definition) is 1. The third-order valence-electron chi connectivity index (χ3n) is 7.93. The summed E-state index contributed by atoms with van der Waals surface area (Å²) in [6.07, 6.45) is 1.02. The maximum absolute atomic E-state index is 13.3. The quantitative estimate of drug-likeness (QED) is 0.568. The smallest absolute Gasteiger partial charge is 0.360 e. The van der Waals surface area contributed by atoms with E-state index in [1.165, 1.54) is 0 Å². The minimum atomic E-state index is -4.17. The molecule has 3 aliphatic heterocycles. The number of hydrogen-bond acceptors (Lipinski definition) is 6. The van der Waals surface area contributed by atoms with Gasteiger partial charge in [-0.15, -0.1) is 0 Å². The summed E-state index contributed by atoms with van der Waals surface area (Å²) in [5.41, 5.74) is 0.274. The summed E-state index contributed by atoms with van der Waals surface area (Å²) < 4.78 is 71.0. The summed E-state index contributed by atoms with van der Waals surface area (Å²) in [6.45, 7) is 0.978. The average Bonchev–Trinajstić information content (AvgIpc) is 3.44. The number of carbonyl (C=O) groups excluding carboxylic acids is 1.